The fraction of sp³-hybridized carbons (Fsp3) is 0.227. The van der Waals surface area contributed by atoms with Crippen LogP contribution in [-0.4, -0.2) is 27.8 Å². The lowest BCUT2D eigenvalue weighted by atomic mass is 10.0. The van der Waals surface area contributed by atoms with Gasteiger partial charge in [-0.15, -0.1) is 6.58 Å². The Morgan fingerprint density at radius 1 is 1.31 bits per heavy atom. The lowest BCUT2D eigenvalue weighted by Gasteiger charge is -2.18. The molecule has 5 nitrogen and oxygen atoms in total. The molecule has 0 unspecified atom stereocenters. The number of hydrogen-bond acceptors (Lipinski definition) is 4. The van der Waals surface area contributed by atoms with Gasteiger partial charge in [-0.05, 0) is 35.7 Å². The lowest BCUT2D eigenvalue weighted by molar-refractivity contribution is -0.118. The highest BCUT2D eigenvalue weighted by molar-refractivity contribution is 7.99. The van der Waals surface area contributed by atoms with E-state index in [1.54, 1.807) is 28.8 Å². The van der Waals surface area contributed by atoms with Crippen molar-refractivity contribution in [2.75, 3.05) is 12.3 Å². The van der Waals surface area contributed by atoms with Gasteiger partial charge in [0, 0.05) is 11.6 Å². The van der Waals surface area contributed by atoms with Gasteiger partial charge in [0.25, 0.3) is 5.56 Å². The summed E-state index contributed by atoms with van der Waals surface area (Å²) in [6.07, 6.45) is 1.62. The van der Waals surface area contributed by atoms with Crippen molar-refractivity contribution >= 4 is 40.2 Å². The zero-order valence-electron chi connectivity index (χ0n) is 16.3. The van der Waals surface area contributed by atoms with E-state index in [9.17, 15) is 9.59 Å². The van der Waals surface area contributed by atoms with Crippen LogP contribution in [0.25, 0.3) is 16.6 Å². The number of hydrogen-bond donors (Lipinski definition) is 1. The van der Waals surface area contributed by atoms with Crippen LogP contribution >= 0.6 is 23.4 Å². The Hall–Kier alpha value is -2.57. The third-order valence-corrected chi connectivity index (χ3v) is 5.55. The smallest absolute Gasteiger partial charge is 0.266 e. The van der Waals surface area contributed by atoms with Crippen LogP contribution in [0.4, 0.5) is 0 Å². The minimum absolute atomic E-state index is 0.135. The lowest BCUT2D eigenvalue weighted by Crippen LogP contribution is -2.27. The zero-order chi connectivity index (χ0) is 21.0. The average molecular weight is 428 g/mol. The number of amides is 1. The van der Waals surface area contributed by atoms with Gasteiger partial charge in [0.05, 0.1) is 22.3 Å². The van der Waals surface area contributed by atoms with Crippen molar-refractivity contribution in [3.8, 4) is 5.69 Å². The number of rotatable bonds is 7. The summed E-state index contributed by atoms with van der Waals surface area (Å²) in [6, 6.07) is 12.8. The first-order valence-electron chi connectivity index (χ1n) is 9.24. The Bertz CT molecular complexity index is 1120. The predicted octanol–water partition coefficient (Wildman–Crippen LogP) is 4.56. The fourth-order valence-corrected chi connectivity index (χ4v) is 4.00. The van der Waals surface area contributed by atoms with Gasteiger partial charge in [-0.1, -0.05) is 61.5 Å². The summed E-state index contributed by atoms with van der Waals surface area (Å²) < 4.78 is 1.59. The minimum Gasteiger partial charge on any atom is -0.352 e. The molecule has 0 fully saturated rings. The summed E-state index contributed by atoms with van der Waals surface area (Å²) in [5.41, 5.74) is 2.12. The number of carbonyl (C=O) groups excluding carboxylic acids is 1. The standard InChI is InChI=1S/C22H22ClN3O2S/c1-4-11-24-20(27)13-29-22-25-18-12-15(23)9-10-17(18)21(28)26(22)19-8-6-5-7-16(19)14(2)3/h4-10,12,14H,1,11,13H2,2-3H3,(H,24,27). The maximum absolute atomic E-state index is 13.4. The first kappa shape index (κ1) is 21.1. The van der Waals surface area contributed by atoms with Gasteiger partial charge in [-0.2, -0.15) is 0 Å². The van der Waals surface area contributed by atoms with Gasteiger partial charge in [0.2, 0.25) is 5.91 Å². The van der Waals surface area contributed by atoms with E-state index in [0.717, 1.165) is 11.3 Å². The van der Waals surface area contributed by atoms with E-state index in [4.69, 9.17) is 11.6 Å². The maximum Gasteiger partial charge on any atom is 0.266 e. The van der Waals surface area contributed by atoms with Gasteiger partial charge in [0.15, 0.2) is 5.16 Å². The zero-order valence-corrected chi connectivity index (χ0v) is 17.9. The van der Waals surface area contributed by atoms with E-state index >= 15 is 0 Å². The first-order valence-corrected chi connectivity index (χ1v) is 10.6. The van der Waals surface area contributed by atoms with E-state index in [2.05, 4.69) is 30.7 Å². The van der Waals surface area contributed by atoms with E-state index in [1.807, 2.05) is 24.3 Å². The molecule has 1 aromatic heterocycles. The fourth-order valence-electron chi connectivity index (χ4n) is 2.99. The molecule has 150 valence electrons. The molecule has 7 heteroatoms. The van der Waals surface area contributed by atoms with Gasteiger partial charge in [0.1, 0.15) is 0 Å². The van der Waals surface area contributed by atoms with E-state index < -0.39 is 0 Å². The van der Waals surface area contributed by atoms with Crippen molar-refractivity contribution in [1.82, 2.24) is 14.9 Å². The average Bonchev–Trinajstić information content (AvgIpc) is 2.70. The van der Waals surface area contributed by atoms with Gasteiger partial charge in [-0.25, -0.2) is 4.98 Å². The summed E-state index contributed by atoms with van der Waals surface area (Å²) in [6.45, 7) is 8.14. The second-order valence-electron chi connectivity index (χ2n) is 6.79. The van der Waals surface area contributed by atoms with Crippen molar-refractivity contribution in [2.45, 2.75) is 24.9 Å². The highest BCUT2D eigenvalue weighted by Gasteiger charge is 2.18. The molecule has 0 saturated heterocycles. The Morgan fingerprint density at radius 3 is 2.79 bits per heavy atom. The van der Waals surface area contributed by atoms with E-state index in [-0.39, 0.29) is 23.1 Å². The van der Waals surface area contributed by atoms with Crippen LogP contribution in [0.5, 0.6) is 0 Å². The third-order valence-electron chi connectivity index (χ3n) is 4.38. The highest BCUT2D eigenvalue weighted by atomic mass is 35.5. The molecule has 0 spiro atoms. The Labute approximate surface area is 178 Å². The molecule has 0 atom stereocenters. The van der Waals surface area contributed by atoms with Crippen molar-refractivity contribution < 1.29 is 4.79 Å². The SMILES string of the molecule is C=CCNC(=O)CSc1nc2cc(Cl)ccc2c(=O)n1-c1ccccc1C(C)C. The summed E-state index contributed by atoms with van der Waals surface area (Å²) in [5, 5.41) is 4.17. The van der Waals surface area contributed by atoms with Crippen molar-refractivity contribution in [3.05, 3.63) is 76.1 Å². The highest BCUT2D eigenvalue weighted by Crippen LogP contribution is 2.27. The quantitative estimate of drug-likeness (QED) is 0.341. The molecular weight excluding hydrogens is 406 g/mol. The second-order valence-corrected chi connectivity index (χ2v) is 8.17. The molecule has 0 radical (unpaired) electrons. The molecule has 0 bridgehead atoms. The molecule has 0 aliphatic carbocycles. The first-order chi connectivity index (χ1) is 13.9. The number of halogens is 1. The monoisotopic (exact) mass is 427 g/mol. The largest absolute Gasteiger partial charge is 0.352 e. The molecule has 1 heterocycles. The molecule has 0 aliphatic heterocycles. The number of fused-ring (bicyclic) bond motifs is 1. The maximum atomic E-state index is 13.4. The summed E-state index contributed by atoms with van der Waals surface area (Å²) in [4.78, 5) is 30.2. The summed E-state index contributed by atoms with van der Waals surface area (Å²) in [5.74, 6) is 0.197. The number of nitrogens with one attached hydrogen (secondary N) is 1. The number of aromatic nitrogens is 2. The molecule has 1 amide bonds. The molecular formula is C22H22ClN3O2S. The van der Waals surface area contributed by atoms with Crippen molar-refractivity contribution in [1.29, 1.82) is 0 Å². The Balaban J connectivity index is 2.17. The number of carbonyl (C=O) groups is 1. The van der Waals surface area contributed by atoms with Crippen LogP contribution in [0.2, 0.25) is 5.02 Å². The normalized spacial score (nSPS) is 11.0. The predicted molar refractivity (Wildman–Crippen MR) is 120 cm³/mol. The molecule has 1 N–H and O–H groups in total. The molecule has 3 aromatic rings. The van der Waals surface area contributed by atoms with Crippen LogP contribution in [-0.2, 0) is 4.79 Å². The van der Waals surface area contributed by atoms with Crippen LogP contribution in [0.1, 0.15) is 25.3 Å². The Morgan fingerprint density at radius 2 is 2.07 bits per heavy atom. The third kappa shape index (κ3) is 4.71. The van der Waals surface area contributed by atoms with Gasteiger partial charge >= 0.3 is 0 Å². The van der Waals surface area contributed by atoms with Crippen molar-refractivity contribution in [3.63, 3.8) is 0 Å². The summed E-state index contributed by atoms with van der Waals surface area (Å²) in [7, 11) is 0. The van der Waals surface area contributed by atoms with Crippen molar-refractivity contribution in [2.24, 2.45) is 0 Å². The van der Waals surface area contributed by atoms with E-state index in [0.29, 0.717) is 27.6 Å². The minimum atomic E-state index is -0.186. The molecule has 2 aromatic carbocycles. The number of para-hydroxylation sites is 1. The number of nitrogens with zero attached hydrogens (tertiary/aromatic N) is 2. The van der Waals surface area contributed by atoms with Crippen LogP contribution < -0.4 is 10.9 Å². The topological polar surface area (TPSA) is 64.0 Å². The van der Waals surface area contributed by atoms with Crippen LogP contribution in [0, 0.1) is 0 Å². The summed E-state index contributed by atoms with van der Waals surface area (Å²) >= 11 is 7.32. The molecule has 3 rings (SSSR count). The molecule has 0 saturated carbocycles. The van der Waals surface area contributed by atoms with Gasteiger partial charge < -0.3 is 5.32 Å². The van der Waals surface area contributed by atoms with Gasteiger partial charge in [-0.3, -0.25) is 14.2 Å². The van der Waals surface area contributed by atoms with Crippen LogP contribution in [0.15, 0.2) is 65.1 Å². The number of thioether (sulfide) groups is 1. The second kappa shape index (κ2) is 9.29. The van der Waals surface area contributed by atoms with E-state index in [1.165, 1.54) is 11.8 Å². The molecule has 0 aliphatic rings. The molecule has 29 heavy (non-hydrogen) atoms. The Kier molecular flexibility index (Phi) is 6.77. The number of benzene rings is 2. The van der Waals surface area contributed by atoms with Crippen LogP contribution in [0.3, 0.4) is 0 Å².